The average molecular weight is 227 g/mol. The van der Waals surface area contributed by atoms with E-state index in [1.807, 2.05) is 0 Å². The number of aliphatic hydroxyl groups excluding tert-OH is 2. The van der Waals surface area contributed by atoms with E-state index in [9.17, 15) is 15.0 Å². The molecule has 0 aromatic carbocycles. The van der Waals surface area contributed by atoms with Crippen molar-refractivity contribution >= 4 is 5.82 Å². The zero-order valence-corrected chi connectivity index (χ0v) is 8.62. The Bertz CT molecular complexity index is 447. The summed E-state index contributed by atoms with van der Waals surface area (Å²) < 4.78 is 5.35. The second-order valence-corrected chi connectivity index (χ2v) is 3.80. The molecule has 0 radical (unpaired) electrons. The van der Waals surface area contributed by atoms with Gasteiger partial charge in [0.1, 0.15) is 24.1 Å². The highest BCUT2D eigenvalue weighted by Crippen LogP contribution is 2.34. The summed E-state index contributed by atoms with van der Waals surface area (Å²) in [7, 11) is 0. The van der Waals surface area contributed by atoms with Crippen molar-refractivity contribution in [3.8, 4) is 0 Å². The van der Waals surface area contributed by atoms with Gasteiger partial charge < -0.3 is 20.7 Å². The van der Waals surface area contributed by atoms with Crippen molar-refractivity contribution in [1.29, 1.82) is 0 Å². The summed E-state index contributed by atoms with van der Waals surface area (Å²) in [6.07, 6.45) is -2.07. The molecular formula is C9H13N3O4. The maximum absolute atomic E-state index is 10.9. The zero-order valence-electron chi connectivity index (χ0n) is 8.62. The maximum atomic E-state index is 10.9. The van der Waals surface area contributed by atoms with E-state index in [2.05, 4.69) is 9.97 Å². The van der Waals surface area contributed by atoms with Crippen LogP contribution in [0.5, 0.6) is 0 Å². The molecule has 88 valence electrons. The van der Waals surface area contributed by atoms with E-state index in [0.717, 1.165) is 0 Å². The van der Waals surface area contributed by atoms with Crippen molar-refractivity contribution in [3.05, 3.63) is 22.2 Å². The summed E-state index contributed by atoms with van der Waals surface area (Å²) in [6.45, 7) is 1.64. The van der Waals surface area contributed by atoms with Crippen LogP contribution in [0.1, 0.15) is 18.6 Å². The highest BCUT2D eigenvalue weighted by molar-refractivity contribution is 5.39. The molecule has 1 aliphatic heterocycles. The van der Waals surface area contributed by atoms with E-state index in [1.54, 1.807) is 6.92 Å². The second kappa shape index (κ2) is 3.85. The highest BCUT2D eigenvalue weighted by atomic mass is 16.5. The zero-order chi connectivity index (χ0) is 11.9. The molecule has 7 heteroatoms. The van der Waals surface area contributed by atoms with Crippen molar-refractivity contribution in [2.45, 2.75) is 31.3 Å². The molecule has 0 aliphatic carbocycles. The summed E-state index contributed by atoms with van der Waals surface area (Å²) in [4.78, 5) is 16.7. The number of hydrogen-bond acceptors (Lipinski definition) is 6. The van der Waals surface area contributed by atoms with Crippen LogP contribution >= 0.6 is 0 Å². The Morgan fingerprint density at radius 3 is 2.69 bits per heavy atom. The topological polar surface area (TPSA) is 121 Å². The van der Waals surface area contributed by atoms with Gasteiger partial charge in [0, 0.05) is 11.8 Å². The molecule has 1 aromatic rings. The average Bonchev–Trinajstić information content (AvgIpc) is 2.46. The fourth-order valence-corrected chi connectivity index (χ4v) is 1.75. The Kier molecular flexibility index (Phi) is 2.66. The third-order valence-corrected chi connectivity index (χ3v) is 2.68. The predicted molar refractivity (Wildman–Crippen MR) is 54.6 cm³/mol. The minimum absolute atomic E-state index is 0.0883. The van der Waals surface area contributed by atoms with Gasteiger partial charge in [0.15, 0.2) is 0 Å². The molecule has 1 saturated heterocycles. The third kappa shape index (κ3) is 1.69. The Morgan fingerprint density at radius 1 is 1.50 bits per heavy atom. The van der Waals surface area contributed by atoms with E-state index in [-0.39, 0.29) is 5.82 Å². The van der Waals surface area contributed by atoms with E-state index in [4.69, 9.17) is 10.5 Å². The van der Waals surface area contributed by atoms with E-state index in [1.165, 1.54) is 6.20 Å². The molecule has 2 heterocycles. The van der Waals surface area contributed by atoms with Crippen LogP contribution in [0.25, 0.3) is 0 Å². The van der Waals surface area contributed by atoms with E-state index < -0.39 is 30.1 Å². The van der Waals surface area contributed by atoms with Crippen LogP contribution in [0.2, 0.25) is 0 Å². The fraction of sp³-hybridized carbons (Fsp3) is 0.556. The van der Waals surface area contributed by atoms with Crippen molar-refractivity contribution in [2.75, 3.05) is 5.73 Å². The molecule has 1 aliphatic rings. The minimum atomic E-state index is -1.08. The molecule has 7 nitrogen and oxygen atoms in total. The van der Waals surface area contributed by atoms with Crippen LogP contribution in [0, 0.1) is 0 Å². The number of aromatic nitrogens is 2. The van der Waals surface area contributed by atoms with Gasteiger partial charge in [0.25, 0.3) is 0 Å². The molecule has 16 heavy (non-hydrogen) atoms. The van der Waals surface area contributed by atoms with Gasteiger partial charge in [-0.3, -0.25) is 4.98 Å². The molecule has 0 amide bonds. The van der Waals surface area contributed by atoms with E-state index >= 15 is 0 Å². The summed E-state index contributed by atoms with van der Waals surface area (Å²) in [5.41, 5.74) is 5.39. The lowest BCUT2D eigenvalue weighted by Gasteiger charge is -2.15. The number of rotatable bonds is 1. The van der Waals surface area contributed by atoms with Crippen molar-refractivity contribution < 1.29 is 14.9 Å². The van der Waals surface area contributed by atoms with Crippen molar-refractivity contribution in [3.63, 3.8) is 0 Å². The number of hydrogen-bond donors (Lipinski definition) is 4. The summed E-state index contributed by atoms with van der Waals surface area (Å²) in [5.74, 6) is 0.0883. The lowest BCUT2D eigenvalue weighted by molar-refractivity contribution is 0.0152. The molecule has 0 bridgehead atoms. The number of anilines is 1. The smallest absolute Gasteiger partial charge is 0.346 e. The predicted octanol–water partition coefficient (Wildman–Crippen LogP) is -1.47. The monoisotopic (exact) mass is 227 g/mol. The molecule has 0 saturated carbocycles. The lowest BCUT2D eigenvalue weighted by Crippen LogP contribution is -2.29. The number of nitrogens with two attached hydrogens (primary N) is 1. The third-order valence-electron chi connectivity index (χ3n) is 2.68. The van der Waals surface area contributed by atoms with Crippen molar-refractivity contribution in [1.82, 2.24) is 9.97 Å². The standard InChI is InChI=1S/C9H13N3O4/c1-3-5(13)6(14)7(16-3)4-2-11-9(15)12-8(4)10/h2-3,5-7,13-14H,1H3,(H3,10,11,12,15)/t3-,5-,6+,7-/m1/s1. The maximum Gasteiger partial charge on any atom is 0.346 e. The Hall–Kier alpha value is -1.44. The second-order valence-electron chi connectivity index (χ2n) is 3.80. The number of aromatic amines is 1. The largest absolute Gasteiger partial charge is 0.388 e. The Balaban J connectivity index is 2.35. The first-order valence-electron chi connectivity index (χ1n) is 4.87. The van der Waals surface area contributed by atoms with Gasteiger partial charge in [-0.2, -0.15) is 0 Å². The van der Waals surface area contributed by atoms with Crippen LogP contribution in [-0.4, -0.2) is 38.5 Å². The van der Waals surface area contributed by atoms with Gasteiger partial charge in [0.05, 0.1) is 6.10 Å². The molecule has 5 N–H and O–H groups in total. The number of ether oxygens (including phenoxy) is 1. The first-order valence-corrected chi connectivity index (χ1v) is 4.87. The number of nitrogens with one attached hydrogen (secondary N) is 1. The molecule has 4 atom stereocenters. The first-order chi connectivity index (χ1) is 7.50. The van der Waals surface area contributed by atoms with Gasteiger partial charge in [-0.15, -0.1) is 0 Å². The van der Waals surface area contributed by atoms with Gasteiger partial charge in [-0.25, -0.2) is 9.78 Å². The number of H-pyrrole nitrogens is 1. The molecule has 1 fully saturated rings. The molecular weight excluding hydrogens is 214 g/mol. The van der Waals surface area contributed by atoms with Crippen LogP contribution in [0.4, 0.5) is 5.82 Å². The van der Waals surface area contributed by atoms with Crippen LogP contribution in [0.15, 0.2) is 11.0 Å². The number of nitrogen functional groups attached to an aromatic ring is 1. The van der Waals surface area contributed by atoms with Crippen LogP contribution < -0.4 is 11.4 Å². The van der Waals surface area contributed by atoms with Gasteiger partial charge in [-0.05, 0) is 6.92 Å². The fourth-order valence-electron chi connectivity index (χ4n) is 1.75. The van der Waals surface area contributed by atoms with Gasteiger partial charge in [-0.1, -0.05) is 0 Å². The highest BCUT2D eigenvalue weighted by Gasteiger charge is 2.42. The van der Waals surface area contributed by atoms with Crippen molar-refractivity contribution in [2.24, 2.45) is 0 Å². The molecule has 1 aromatic heterocycles. The quantitative estimate of drug-likeness (QED) is 0.465. The Labute approximate surface area is 90.9 Å². The number of aliphatic hydroxyl groups is 2. The SMILES string of the molecule is C[C@H]1O[C@H](c2cnc(=O)[nH]c2N)[C@@H](O)[C@@H]1O. The van der Waals surface area contributed by atoms with Gasteiger partial charge >= 0.3 is 5.69 Å². The van der Waals surface area contributed by atoms with Crippen LogP contribution in [0.3, 0.4) is 0 Å². The molecule has 0 spiro atoms. The lowest BCUT2D eigenvalue weighted by atomic mass is 10.0. The summed E-state index contributed by atoms with van der Waals surface area (Å²) >= 11 is 0. The van der Waals surface area contributed by atoms with Gasteiger partial charge in [0.2, 0.25) is 0 Å². The van der Waals surface area contributed by atoms with Crippen LogP contribution in [-0.2, 0) is 4.74 Å². The van der Waals surface area contributed by atoms with E-state index in [0.29, 0.717) is 5.56 Å². The first kappa shape index (κ1) is 11.1. The summed E-state index contributed by atoms with van der Waals surface area (Å²) in [5, 5.41) is 19.3. The Morgan fingerprint density at radius 2 is 2.19 bits per heavy atom. The normalized spacial score (nSPS) is 34.2. The minimum Gasteiger partial charge on any atom is -0.388 e. The summed E-state index contributed by atoms with van der Waals surface area (Å²) in [6, 6.07) is 0. The molecule has 0 unspecified atom stereocenters. The molecule has 2 rings (SSSR count). The number of nitrogens with zero attached hydrogens (tertiary/aromatic N) is 1.